The molecule has 2 unspecified atom stereocenters. The van der Waals surface area contributed by atoms with Crippen LogP contribution in [0.5, 0.6) is 11.5 Å². The number of phenolic OH excluding ortho intramolecular Hbond substituents is 1. The second-order valence-electron chi connectivity index (χ2n) is 12.7. The molecule has 41 heavy (non-hydrogen) atoms. The standard InChI is InChI=1S/C35H40N2O4/c1-23-7-6-10-25(21-23)11-16-31(39)36(2)28-14-15-30-34-18-20-37(19-17-24-8-4-3-5-9-24)29(35(28,34)40)22-26-12-13-27(38)33(41-30)32(26)34/h3-10,12-13,21,28-30,38,40H,11,14-20,22H2,1-2H3/t28?,29-,30?,34-,35-/m1/s1. The molecule has 6 nitrogen and oxygen atoms in total. The predicted octanol–water partition coefficient (Wildman–Crippen LogP) is 4.56. The van der Waals surface area contributed by atoms with Crippen molar-refractivity contribution in [2.45, 2.75) is 81.1 Å². The number of aryl methyl sites for hydroxylation is 2. The number of carbonyl (C=O) groups excluding carboxylic acids is 1. The molecule has 1 spiro atoms. The Morgan fingerprint density at radius 3 is 2.66 bits per heavy atom. The zero-order chi connectivity index (χ0) is 28.4. The molecule has 2 aliphatic heterocycles. The summed E-state index contributed by atoms with van der Waals surface area (Å²) in [5.41, 5.74) is 3.96. The number of nitrogens with zero attached hydrogens (tertiary/aromatic N) is 2. The Kier molecular flexibility index (Phi) is 6.40. The van der Waals surface area contributed by atoms with Gasteiger partial charge in [0.2, 0.25) is 5.91 Å². The van der Waals surface area contributed by atoms with Gasteiger partial charge in [0, 0.05) is 31.6 Å². The number of piperidine rings is 1. The molecular weight excluding hydrogens is 512 g/mol. The van der Waals surface area contributed by atoms with Crippen LogP contribution in [0.4, 0.5) is 0 Å². The maximum absolute atomic E-state index is 13.8. The first kappa shape index (κ1) is 26.5. The van der Waals surface area contributed by atoms with Crippen LogP contribution >= 0.6 is 0 Å². The van der Waals surface area contributed by atoms with Crippen molar-refractivity contribution >= 4 is 5.91 Å². The second kappa shape index (κ2) is 9.88. The molecule has 2 heterocycles. The molecular formula is C35H40N2O4. The monoisotopic (exact) mass is 552 g/mol. The van der Waals surface area contributed by atoms with Gasteiger partial charge in [-0.25, -0.2) is 0 Å². The number of ether oxygens (including phenoxy) is 1. The number of likely N-dealkylation sites (tertiary alicyclic amines) is 1. The summed E-state index contributed by atoms with van der Waals surface area (Å²) in [5.74, 6) is 0.768. The van der Waals surface area contributed by atoms with Crippen molar-refractivity contribution in [3.8, 4) is 11.5 Å². The number of hydrogen-bond acceptors (Lipinski definition) is 5. The van der Waals surface area contributed by atoms with Crippen molar-refractivity contribution in [1.29, 1.82) is 0 Å². The summed E-state index contributed by atoms with van der Waals surface area (Å²) in [7, 11) is 1.89. The number of rotatable bonds is 7. The van der Waals surface area contributed by atoms with Crippen molar-refractivity contribution in [1.82, 2.24) is 9.80 Å². The van der Waals surface area contributed by atoms with Crippen LogP contribution in [0.15, 0.2) is 66.7 Å². The highest BCUT2D eigenvalue weighted by Crippen LogP contribution is 2.66. The highest BCUT2D eigenvalue weighted by atomic mass is 16.5. The zero-order valence-electron chi connectivity index (χ0n) is 24.1. The molecule has 1 saturated heterocycles. The summed E-state index contributed by atoms with van der Waals surface area (Å²) in [4.78, 5) is 18.1. The molecule has 6 heteroatoms. The zero-order valence-corrected chi connectivity index (χ0v) is 24.1. The Morgan fingerprint density at radius 2 is 1.85 bits per heavy atom. The van der Waals surface area contributed by atoms with E-state index in [-0.39, 0.29) is 29.8 Å². The van der Waals surface area contributed by atoms with Gasteiger partial charge in [-0.15, -0.1) is 0 Å². The van der Waals surface area contributed by atoms with E-state index in [2.05, 4.69) is 54.3 Å². The number of phenols is 1. The number of likely N-dealkylation sites (N-methyl/N-ethyl adjacent to an activating group) is 1. The largest absolute Gasteiger partial charge is 0.504 e. The average molecular weight is 553 g/mol. The number of amides is 1. The SMILES string of the molecule is Cc1cccc(CCC(=O)N(C)C2CCC3Oc4c(O)ccc5c4[C@@]34CCN(CCc3ccccc3)[C@H](C5)[C@]24O)c1. The van der Waals surface area contributed by atoms with E-state index < -0.39 is 11.0 Å². The first-order valence-corrected chi connectivity index (χ1v) is 15.2. The molecule has 0 aromatic heterocycles. The van der Waals surface area contributed by atoms with Crippen molar-refractivity contribution in [3.05, 3.63) is 94.5 Å². The van der Waals surface area contributed by atoms with Crippen molar-refractivity contribution < 1.29 is 19.7 Å². The molecule has 7 rings (SSSR count). The molecule has 4 aliphatic rings. The molecule has 1 amide bonds. The minimum atomic E-state index is -1.19. The van der Waals surface area contributed by atoms with E-state index in [0.717, 1.165) is 49.0 Å². The number of aromatic hydroxyl groups is 1. The van der Waals surface area contributed by atoms with Crippen LogP contribution in [0.1, 0.15) is 53.5 Å². The first-order chi connectivity index (χ1) is 19.8. The lowest BCUT2D eigenvalue weighted by molar-refractivity contribution is -0.217. The van der Waals surface area contributed by atoms with Gasteiger partial charge in [-0.3, -0.25) is 9.69 Å². The van der Waals surface area contributed by atoms with Crippen LogP contribution in [-0.2, 0) is 29.5 Å². The summed E-state index contributed by atoms with van der Waals surface area (Å²) in [5, 5.41) is 24.1. The molecule has 1 saturated carbocycles. The summed E-state index contributed by atoms with van der Waals surface area (Å²) in [6.07, 6.45) is 4.61. The van der Waals surface area contributed by atoms with E-state index in [1.165, 1.54) is 11.1 Å². The Hall–Kier alpha value is -3.35. The molecule has 0 radical (unpaired) electrons. The number of carbonyl (C=O) groups is 1. The highest BCUT2D eigenvalue weighted by Gasteiger charge is 2.74. The van der Waals surface area contributed by atoms with E-state index in [1.807, 2.05) is 30.1 Å². The van der Waals surface area contributed by atoms with E-state index >= 15 is 0 Å². The summed E-state index contributed by atoms with van der Waals surface area (Å²) >= 11 is 0. The number of benzene rings is 3. The third kappa shape index (κ3) is 3.94. The van der Waals surface area contributed by atoms with E-state index in [4.69, 9.17) is 4.74 Å². The van der Waals surface area contributed by atoms with Gasteiger partial charge in [0.15, 0.2) is 11.5 Å². The van der Waals surface area contributed by atoms with Gasteiger partial charge in [-0.05, 0) is 74.8 Å². The predicted molar refractivity (Wildman–Crippen MR) is 158 cm³/mol. The molecule has 5 atom stereocenters. The Labute approximate surface area is 242 Å². The van der Waals surface area contributed by atoms with Crippen LogP contribution in [0.25, 0.3) is 0 Å². The Morgan fingerprint density at radius 1 is 1.05 bits per heavy atom. The molecule has 2 N–H and O–H groups in total. The summed E-state index contributed by atoms with van der Waals surface area (Å²) in [6.45, 7) is 3.77. The molecule has 3 aromatic carbocycles. The smallest absolute Gasteiger partial charge is 0.222 e. The van der Waals surface area contributed by atoms with Gasteiger partial charge < -0.3 is 19.8 Å². The maximum atomic E-state index is 13.8. The topological polar surface area (TPSA) is 73.2 Å². The average Bonchev–Trinajstić information content (AvgIpc) is 3.32. The van der Waals surface area contributed by atoms with E-state index in [9.17, 15) is 15.0 Å². The van der Waals surface area contributed by atoms with Crippen molar-refractivity contribution in [3.63, 3.8) is 0 Å². The fourth-order valence-corrected chi connectivity index (χ4v) is 8.78. The van der Waals surface area contributed by atoms with E-state index in [0.29, 0.717) is 31.4 Å². The van der Waals surface area contributed by atoms with Crippen molar-refractivity contribution in [2.75, 3.05) is 20.1 Å². The summed E-state index contributed by atoms with van der Waals surface area (Å²) in [6, 6.07) is 22.1. The van der Waals surface area contributed by atoms with Gasteiger partial charge >= 0.3 is 0 Å². The Bertz CT molecular complexity index is 1470. The van der Waals surface area contributed by atoms with Gasteiger partial charge in [-0.2, -0.15) is 0 Å². The lowest BCUT2D eigenvalue weighted by atomic mass is 9.47. The van der Waals surface area contributed by atoms with Crippen LogP contribution in [-0.4, -0.2) is 69.8 Å². The number of aliphatic hydroxyl groups is 1. The maximum Gasteiger partial charge on any atom is 0.222 e. The Balaban J connectivity index is 1.24. The van der Waals surface area contributed by atoms with Gasteiger partial charge in [-0.1, -0.05) is 66.2 Å². The minimum Gasteiger partial charge on any atom is -0.504 e. The fourth-order valence-electron chi connectivity index (χ4n) is 8.78. The molecule has 214 valence electrons. The fraction of sp³-hybridized carbons (Fsp3) is 0.457. The van der Waals surface area contributed by atoms with Crippen LogP contribution in [0.2, 0.25) is 0 Å². The van der Waals surface area contributed by atoms with E-state index in [1.54, 1.807) is 6.07 Å². The van der Waals surface area contributed by atoms with Gasteiger partial charge in [0.25, 0.3) is 0 Å². The minimum absolute atomic E-state index is 0.0644. The van der Waals surface area contributed by atoms with Crippen LogP contribution < -0.4 is 4.74 Å². The number of hydrogen-bond donors (Lipinski definition) is 2. The molecule has 2 bridgehead atoms. The van der Waals surface area contributed by atoms with Gasteiger partial charge in [0.05, 0.1) is 11.5 Å². The van der Waals surface area contributed by atoms with Crippen molar-refractivity contribution in [2.24, 2.45) is 0 Å². The van der Waals surface area contributed by atoms with Crippen LogP contribution in [0.3, 0.4) is 0 Å². The lowest BCUT2D eigenvalue weighted by Crippen LogP contribution is -2.81. The first-order valence-electron chi connectivity index (χ1n) is 15.2. The molecule has 2 fully saturated rings. The molecule has 2 aliphatic carbocycles. The van der Waals surface area contributed by atoms with Gasteiger partial charge in [0.1, 0.15) is 11.7 Å². The quantitative estimate of drug-likeness (QED) is 0.450. The highest BCUT2D eigenvalue weighted by molar-refractivity contribution is 5.77. The third-order valence-electron chi connectivity index (χ3n) is 10.7. The second-order valence-corrected chi connectivity index (χ2v) is 12.7. The summed E-state index contributed by atoms with van der Waals surface area (Å²) < 4.78 is 6.51. The van der Waals surface area contributed by atoms with Crippen LogP contribution in [0, 0.1) is 6.92 Å². The normalized spacial score (nSPS) is 29.5. The lowest BCUT2D eigenvalue weighted by Gasteiger charge is -2.66. The molecule has 3 aromatic rings. The third-order valence-corrected chi connectivity index (χ3v) is 10.7.